The van der Waals surface area contributed by atoms with E-state index in [0.29, 0.717) is 12.1 Å². The van der Waals surface area contributed by atoms with Gasteiger partial charge in [-0.3, -0.25) is 4.79 Å². The number of hydrogen-bond acceptors (Lipinski definition) is 2. The molecule has 1 N–H and O–H groups in total. The SMILES string of the molecule is O=C(NCc1ccc(Br)cc1)c1cccc(S)c1. The topological polar surface area (TPSA) is 29.1 Å². The predicted octanol–water partition coefficient (Wildman–Crippen LogP) is 3.67. The Morgan fingerprint density at radius 3 is 2.56 bits per heavy atom. The summed E-state index contributed by atoms with van der Waals surface area (Å²) in [6.07, 6.45) is 0. The molecule has 0 atom stereocenters. The van der Waals surface area contributed by atoms with Crippen LogP contribution in [0.2, 0.25) is 0 Å². The standard InChI is InChI=1S/C14H12BrNOS/c15-12-6-4-10(5-7-12)9-16-14(17)11-2-1-3-13(18)8-11/h1-8,18H,9H2,(H,16,17). The normalized spacial score (nSPS) is 10.1. The third-order valence-corrected chi connectivity index (χ3v) is 3.28. The lowest BCUT2D eigenvalue weighted by molar-refractivity contribution is 0.0950. The highest BCUT2D eigenvalue weighted by molar-refractivity contribution is 9.10. The minimum Gasteiger partial charge on any atom is -0.348 e. The Balaban J connectivity index is 1.98. The van der Waals surface area contributed by atoms with Crippen molar-refractivity contribution >= 4 is 34.5 Å². The molecule has 0 aliphatic rings. The van der Waals surface area contributed by atoms with E-state index in [9.17, 15) is 4.79 Å². The summed E-state index contributed by atoms with van der Waals surface area (Å²) < 4.78 is 1.03. The molecular formula is C14H12BrNOS. The minimum atomic E-state index is -0.0891. The zero-order chi connectivity index (χ0) is 13.0. The van der Waals surface area contributed by atoms with Gasteiger partial charge in [0.25, 0.3) is 5.91 Å². The van der Waals surface area contributed by atoms with E-state index in [2.05, 4.69) is 33.9 Å². The van der Waals surface area contributed by atoms with Crippen LogP contribution in [0, 0.1) is 0 Å². The van der Waals surface area contributed by atoms with E-state index in [-0.39, 0.29) is 5.91 Å². The van der Waals surface area contributed by atoms with Crippen LogP contribution >= 0.6 is 28.6 Å². The number of thiol groups is 1. The first kappa shape index (κ1) is 13.2. The molecule has 0 radical (unpaired) electrons. The maximum Gasteiger partial charge on any atom is 0.251 e. The predicted molar refractivity (Wildman–Crippen MR) is 79.0 cm³/mol. The maximum absolute atomic E-state index is 11.9. The Hall–Kier alpha value is -1.26. The second kappa shape index (κ2) is 6.07. The zero-order valence-corrected chi connectivity index (χ0v) is 12.0. The first-order valence-corrected chi connectivity index (χ1v) is 6.71. The van der Waals surface area contributed by atoms with Crippen LogP contribution < -0.4 is 5.32 Å². The van der Waals surface area contributed by atoms with Crippen LogP contribution in [0.1, 0.15) is 15.9 Å². The zero-order valence-electron chi connectivity index (χ0n) is 9.56. The van der Waals surface area contributed by atoms with Gasteiger partial charge in [-0.25, -0.2) is 0 Å². The number of carbonyl (C=O) groups excluding carboxylic acids is 1. The number of carbonyl (C=O) groups is 1. The first-order valence-electron chi connectivity index (χ1n) is 5.47. The van der Waals surface area contributed by atoms with Gasteiger partial charge in [0, 0.05) is 21.5 Å². The van der Waals surface area contributed by atoms with Gasteiger partial charge in [0.1, 0.15) is 0 Å². The molecule has 1 amide bonds. The summed E-state index contributed by atoms with van der Waals surface area (Å²) in [5, 5.41) is 2.87. The third kappa shape index (κ3) is 3.62. The quantitative estimate of drug-likeness (QED) is 0.830. The number of rotatable bonds is 3. The van der Waals surface area contributed by atoms with Crippen LogP contribution in [0.3, 0.4) is 0 Å². The van der Waals surface area contributed by atoms with Gasteiger partial charge in [-0.05, 0) is 35.9 Å². The Morgan fingerprint density at radius 2 is 1.89 bits per heavy atom. The Bertz CT molecular complexity index is 554. The van der Waals surface area contributed by atoms with Crippen molar-refractivity contribution < 1.29 is 4.79 Å². The highest BCUT2D eigenvalue weighted by Crippen LogP contribution is 2.11. The fourth-order valence-electron chi connectivity index (χ4n) is 1.53. The molecule has 0 spiro atoms. The number of amides is 1. The number of nitrogens with one attached hydrogen (secondary N) is 1. The highest BCUT2D eigenvalue weighted by atomic mass is 79.9. The fraction of sp³-hybridized carbons (Fsp3) is 0.0714. The average molecular weight is 322 g/mol. The lowest BCUT2D eigenvalue weighted by atomic mass is 10.2. The molecular weight excluding hydrogens is 310 g/mol. The minimum absolute atomic E-state index is 0.0891. The summed E-state index contributed by atoms with van der Waals surface area (Å²) in [6.45, 7) is 0.517. The largest absolute Gasteiger partial charge is 0.348 e. The van der Waals surface area contributed by atoms with Crippen molar-refractivity contribution in [3.05, 3.63) is 64.1 Å². The molecule has 18 heavy (non-hydrogen) atoms. The second-order valence-corrected chi connectivity index (χ2v) is 5.29. The summed E-state index contributed by atoms with van der Waals surface area (Å²) in [5.41, 5.74) is 1.69. The Labute approximate surface area is 120 Å². The molecule has 0 saturated heterocycles. The second-order valence-electron chi connectivity index (χ2n) is 3.86. The highest BCUT2D eigenvalue weighted by Gasteiger charge is 2.04. The van der Waals surface area contributed by atoms with E-state index >= 15 is 0 Å². The van der Waals surface area contributed by atoms with Gasteiger partial charge in [0.05, 0.1) is 0 Å². The van der Waals surface area contributed by atoms with Gasteiger partial charge in [-0.15, -0.1) is 12.6 Å². The van der Waals surface area contributed by atoms with Crippen molar-refractivity contribution in [3.8, 4) is 0 Å². The molecule has 0 aromatic heterocycles. The van der Waals surface area contributed by atoms with Crippen molar-refractivity contribution in [3.63, 3.8) is 0 Å². The van der Waals surface area contributed by atoms with Crippen LogP contribution in [0.25, 0.3) is 0 Å². The lowest BCUT2D eigenvalue weighted by Crippen LogP contribution is -2.22. The van der Waals surface area contributed by atoms with E-state index in [1.165, 1.54) is 0 Å². The number of hydrogen-bond donors (Lipinski definition) is 2. The molecule has 92 valence electrons. The monoisotopic (exact) mass is 321 g/mol. The molecule has 2 nitrogen and oxygen atoms in total. The summed E-state index contributed by atoms with van der Waals surface area (Å²) in [5.74, 6) is -0.0891. The molecule has 2 rings (SSSR count). The maximum atomic E-state index is 11.9. The van der Waals surface area contributed by atoms with E-state index in [0.717, 1.165) is 14.9 Å². The molecule has 2 aromatic rings. The van der Waals surface area contributed by atoms with Gasteiger partial charge in [-0.1, -0.05) is 34.1 Å². The van der Waals surface area contributed by atoms with Crippen LogP contribution in [0.4, 0.5) is 0 Å². The van der Waals surface area contributed by atoms with Crippen LogP contribution in [-0.4, -0.2) is 5.91 Å². The molecule has 0 saturated carbocycles. The van der Waals surface area contributed by atoms with E-state index < -0.39 is 0 Å². The molecule has 0 aliphatic carbocycles. The molecule has 0 heterocycles. The average Bonchev–Trinajstić information content (AvgIpc) is 2.38. The van der Waals surface area contributed by atoms with Gasteiger partial charge in [0.15, 0.2) is 0 Å². The Kier molecular flexibility index (Phi) is 4.44. The summed E-state index contributed by atoms with van der Waals surface area (Å²) in [7, 11) is 0. The molecule has 4 heteroatoms. The fourth-order valence-corrected chi connectivity index (χ4v) is 2.02. The van der Waals surface area contributed by atoms with Crippen molar-refractivity contribution in [2.75, 3.05) is 0 Å². The van der Waals surface area contributed by atoms with Crippen molar-refractivity contribution in [1.29, 1.82) is 0 Å². The molecule has 0 aliphatic heterocycles. The van der Waals surface area contributed by atoms with Crippen LogP contribution in [0.15, 0.2) is 57.9 Å². The van der Waals surface area contributed by atoms with Gasteiger partial charge < -0.3 is 5.32 Å². The molecule has 0 fully saturated rings. The number of benzene rings is 2. The van der Waals surface area contributed by atoms with Gasteiger partial charge >= 0.3 is 0 Å². The Morgan fingerprint density at radius 1 is 1.17 bits per heavy atom. The summed E-state index contributed by atoms with van der Waals surface area (Å²) in [4.78, 5) is 12.7. The van der Waals surface area contributed by atoms with Gasteiger partial charge in [-0.2, -0.15) is 0 Å². The van der Waals surface area contributed by atoms with E-state index in [4.69, 9.17) is 0 Å². The smallest absolute Gasteiger partial charge is 0.251 e. The summed E-state index contributed by atoms with van der Waals surface area (Å²) in [6, 6.07) is 15.0. The molecule has 0 unspecified atom stereocenters. The van der Waals surface area contributed by atoms with Crippen LogP contribution in [0.5, 0.6) is 0 Å². The molecule has 0 bridgehead atoms. The number of halogens is 1. The van der Waals surface area contributed by atoms with Crippen molar-refractivity contribution in [2.24, 2.45) is 0 Å². The summed E-state index contributed by atoms with van der Waals surface area (Å²) >= 11 is 7.59. The van der Waals surface area contributed by atoms with Crippen molar-refractivity contribution in [1.82, 2.24) is 5.32 Å². The third-order valence-electron chi connectivity index (χ3n) is 2.47. The van der Waals surface area contributed by atoms with E-state index in [1.54, 1.807) is 12.1 Å². The molecule has 2 aromatic carbocycles. The van der Waals surface area contributed by atoms with E-state index in [1.807, 2.05) is 36.4 Å². The first-order chi connectivity index (χ1) is 8.65. The van der Waals surface area contributed by atoms with Gasteiger partial charge in [0.2, 0.25) is 0 Å². The van der Waals surface area contributed by atoms with Crippen LogP contribution in [-0.2, 0) is 6.54 Å². The lowest BCUT2D eigenvalue weighted by Gasteiger charge is -2.06. The van der Waals surface area contributed by atoms with Crippen molar-refractivity contribution in [2.45, 2.75) is 11.4 Å².